The number of nitrogens with one attached hydrogen (secondary N) is 1. The highest BCUT2D eigenvalue weighted by atomic mass is 35.5. The molecule has 0 atom stereocenters. The van der Waals surface area contributed by atoms with Gasteiger partial charge in [0.25, 0.3) is 0 Å². The first kappa shape index (κ1) is 25.9. The lowest BCUT2D eigenvalue weighted by molar-refractivity contribution is 0.291. The van der Waals surface area contributed by atoms with Crippen molar-refractivity contribution in [2.45, 2.75) is 6.54 Å². The third-order valence-electron chi connectivity index (χ3n) is 5.75. The smallest absolute Gasteiger partial charge is 0.216 e. The van der Waals surface area contributed by atoms with E-state index in [9.17, 15) is 0 Å². The van der Waals surface area contributed by atoms with Crippen molar-refractivity contribution in [1.29, 1.82) is 0 Å². The minimum Gasteiger partial charge on any atom is -0.496 e. The van der Waals surface area contributed by atoms with Crippen LogP contribution in [0.2, 0.25) is 10.0 Å². The Balaban J connectivity index is 1.75. The number of pyridine rings is 2. The number of aliphatic hydroxyl groups is 1. The third-order valence-corrected chi connectivity index (χ3v) is 6.54. The van der Waals surface area contributed by atoms with Gasteiger partial charge >= 0.3 is 0 Å². The van der Waals surface area contributed by atoms with Crippen LogP contribution in [0, 0.1) is 6.92 Å². The summed E-state index contributed by atoms with van der Waals surface area (Å²) in [6.45, 7) is 5.08. The maximum atomic E-state index is 9.01. The lowest BCUT2D eigenvalue weighted by Crippen LogP contribution is -2.17. The molecule has 0 aliphatic rings. The molecule has 185 valence electrons. The molecular formula is C28H26Cl2N3O3. The van der Waals surface area contributed by atoms with Crippen molar-refractivity contribution in [1.82, 2.24) is 15.3 Å². The van der Waals surface area contributed by atoms with Crippen molar-refractivity contribution >= 4 is 23.2 Å². The summed E-state index contributed by atoms with van der Waals surface area (Å²) in [5, 5.41) is 13.2. The van der Waals surface area contributed by atoms with Crippen LogP contribution in [0.25, 0.3) is 33.6 Å². The maximum Gasteiger partial charge on any atom is 0.216 e. The number of methoxy groups -OCH3 is 2. The van der Waals surface area contributed by atoms with E-state index in [0.717, 1.165) is 27.8 Å². The van der Waals surface area contributed by atoms with Crippen LogP contribution in [-0.2, 0) is 6.54 Å². The van der Waals surface area contributed by atoms with Gasteiger partial charge in [-0.25, -0.2) is 4.98 Å². The Morgan fingerprint density at radius 2 is 1.72 bits per heavy atom. The molecule has 2 N–H and O–H groups in total. The highest BCUT2D eigenvalue weighted by Gasteiger charge is 2.18. The van der Waals surface area contributed by atoms with E-state index in [-0.39, 0.29) is 6.61 Å². The lowest BCUT2D eigenvalue weighted by Gasteiger charge is -2.15. The van der Waals surface area contributed by atoms with Gasteiger partial charge in [-0.15, -0.1) is 0 Å². The number of rotatable bonds is 9. The first-order valence-electron chi connectivity index (χ1n) is 11.3. The van der Waals surface area contributed by atoms with Gasteiger partial charge in [0.1, 0.15) is 5.75 Å². The Hall–Kier alpha value is -3.16. The van der Waals surface area contributed by atoms with Crippen LogP contribution >= 0.6 is 23.2 Å². The number of aromatic nitrogens is 2. The molecule has 0 unspecified atom stereocenters. The van der Waals surface area contributed by atoms with Crippen LogP contribution in [0.5, 0.6) is 11.6 Å². The van der Waals surface area contributed by atoms with Gasteiger partial charge in [-0.3, -0.25) is 4.98 Å². The first-order chi connectivity index (χ1) is 17.5. The standard InChI is InChI=1S/C28H26Cl2N3O3/c1-17-7-10-23(33-28(17)36-3)22-6-4-5-20(25(22)29)21-11-12-32-27(26(21)30)18-8-9-19(16-31-13-14-34)24(15-18)35-2/h4-12,15,31,34H,1,13-14,16H2,2-3H3. The Bertz CT molecular complexity index is 1380. The number of hydrogen-bond acceptors (Lipinski definition) is 6. The molecule has 0 aliphatic carbocycles. The van der Waals surface area contributed by atoms with Crippen LogP contribution in [0.15, 0.2) is 60.8 Å². The fraction of sp³-hybridized carbons (Fsp3) is 0.179. The summed E-state index contributed by atoms with van der Waals surface area (Å²) in [7, 11) is 3.18. The van der Waals surface area contributed by atoms with E-state index < -0.39 is 0 Å². The van der Waals surface area contributed by atoms with E-state index in [1.165, 1.54) is 0 Å². The number of aliphatic hydroxyl groups excluding tert-OH is 1. The minimum absolute atomic E-state index is 0.0706. The highest BCUT2D eigenvalue weighted by molar-refractivity contribution is 6.39. The second-order valence-electron chi connectivity index (χ2n) is 7.98. The second-order valence-corrected chi connectivity index (χ2v) is 8.74. The molecule has 4 aromatic rings. The van der Waals surface area contributed by atoms with Gasteiger partial charge in [0.15, 0.2) is 0 Å². The zero-order valence-corrected chi connectivity index (χ0v) is 21.5. The summed E-state index contributed by atoms with van der Waals surface area (Å²) in [4.78, 5) is 9.09. The molecule has 2 aromatic heterocycles. The molecule has 2 heterocycles. The highest BCUT2D eigenvalue weighted by Crippen LogP contribution is 2.42. The van der Waals surface area contributed by atoms with E-state index >= 15 is 0 Å². The molecule has 6 nitrogen and oxygen atoms in total. The van der Waals surface area contributed by atoms with Gasteiger partial charge in [0.2, 0.25) is 5.88 Å². The molecule has 0 saturated heterocycles. The average Bonchev–Trinajstić information content (AvgIpc) is 2.90. The first-order valence-corrected chi connectivity index (χ1v) is 12.0. The molecule has 8 heteroatoms. The van der Waals surface area contributed by atoms with Crippen molar-refractivity contribution < 1.29 is 14.6 Å². The Morgan fingerprint density at radius 3 is 2.47 bits per heavy atom. The molecule has 0 spiro atoms. The van der Waals surface area contributed by atoms with Crippen molar-refractivity contribution in [2.75, 3.05) is 27.4 Å². The molecule has 0 aliphatic heterocycles. The van der Waals surface area contributed by atoms with E-state index in [2.05, 4.69) is 22.2 Å². The normalized spacial score (nSPS) is 10.9. The fourth-order valence-corrected chi connectivity index (χ4v) is 4.57. The largest absolute Gasteiger partial charge is 0.496 e. The van der Waals surface area contributed by atoms with E-state index in [1.807, 2.05) is 54.6 Å². The minimum atomic E-state index is 0.0706. The van der Waals surface area contributed by atoms with Crippen LogP contribution in [-0.4, -0.2) is 42.4 Å². The summed E-state index contributed by atoms with van der Waals surface area (Å²) in [5.74, 6) is 1.15. The zero-order chi connectivity index (χ0) is 25.7. The monoisotopic (exact) mass is 522 g/mol. The average molecular weight is 523 g/mol. The Labute approximate surface area is 220 Å². The summed E-state index contributed by atoms with van der Waals surface area (Å²) < 4.78 is 10.9. The predicted octanol–water partition coefficient (Wildman–Crippen LogP) is 6.07. The van der Waals surface area contributed by atoms with Gasteiger partial charge in [0.05, 0.1) is 42.3 Å². The van der Waals surface area contributed by atoms with E-state index in [4.69, 9.17) is 37.8 Å². The fourth-order valence-electron chi connectivity index (χ4n) is 3.93. The molecule has 0 saturated carbocycles. The molecular weight excluding hydrogens is 497 g/mol. The van der Waals surface area contributed by atoms with Crippen molar-refractivity contribution in [3.8, 4) is 45.3 Å². The van der Waals surface area contributed by atoms with E-state index in [0.29, 0.717) is 51.7 Å². The summed E-state index contributed by atoms with van der Waals surface area (Å²) in [6, 6.07) is 17.1. The number of hydrogen-bond donors (Lipinski definition) is 2. The van der Waals surface area contributed by atoms with E-state index in [1.54, 1.807) is 20.4 Å². The molecule has 1 radical (unpaired) electrons. The van der Waals surface area contributed by atoms with Crippen molar-refractivity contribution in [3.63, 3.8) is 0 Å². The third kappa shape index (κ3) is 5.32. The number of ether oxygens (including phenoxy) is 2. The predicted molar refractivity (Wildman–Crippen MR) is 145 cm³/mol. The number of nitrogens with zero attached hydrogens (tertiary/aromatic N) is 2. The maximum absolute atomic E-state index is 9.01. The number of benzene rings is 2. The van der Waals surface area contributed by atoms with Gasteiger partial charge in [-0.05, 0) is 25.1 Å². The molecule has 4 rings (SSSR count). The quantitative estimate of drug-likeness (QED) is 0.260. The summed E-state index contributed by atoms with van der Waals surface area (Å²) >= 11 is 13.8. The molecule has 0 bridgehead atoms. The second kappa shape index (κ2) is 11.7. The van der Waals surface area contributed by atoms with Gasteiger partial charge in [0, 0.05) is 52.7 Å². The van der Waals surface area contributed by atoms with Gasteiger partial charge in [-0.2, -0.15) is 0 Å². The van der Waals surface area contributed by atoms with Crippen molar-refractivity contribution in [3.05, 3.63) is 88.9 Å². The summed E-state index contributed by atoms with van der Waals surface area (Å²) in [6.07, 6.45) is 1.71. The lowest BCUT2D eigenvalue weighted by atomic mass is 9.99. The molecule has 0 fully saturated rings. The van der Waals surface area contributed by atoms with Crippen LogP contribution < -0.4 is 14.8 Å². The van der Waals surface area contributed by atoms with Gasteiger partial charge < -0.3 is 19.9 Å². The van der Waals surface area contributed by atoms with Crippen molar-refractivity contribution in [2.24, 2.45) is 0 Å². The van der Waals surface area contributed by atoms with Crippen LogP contribution in [0.4, 0.5) is 0 Å². The van der Waals surface area contributed by atoms with Crippen LogP contribution in [0.3, 0.4) is 0 Å². The Kier molecular flexibility index (Phi) is 8.44. The Morgan fingerprint density at radius 1 is 0.944 bits per heavy atom. The zero-order valence-electron chi connectivity index (χ0n) is 20.0. The molecule has 2 aromatic carbocycles. The van der Waals surface area contributed by atoms with Crippen LogP contribution in [0.1, 0.15) is 11.1 Å². The van der Waals surface area contributed by atoms with Gasteiger partial charge in [-0.1, -0.05) is 59.6 Å². The molecule has 36 heavy (non-hydrogen) atoms. The number of halogens is 2. The summed E-state index contributed by atoms with van der Waals surface area (Å²) in [5.41, 5.74) is 6.03. The molecule has 0 amide bonds. The topological polar surface area (TPSA) is 76.5 Å². The SMILES string of the molecule is [CH2]c1ccc(-c2cccc(-c3ccnc(-c4ccc(CNCCO)c(OC)c4)c3Cl)c2Cl)nc1OC.